The van der Waals surface area contributed by atoms with E-state index in [1.807, 2.05) is 0 Å². The zero-order chi connectivity index (χ0) is 17.8. The molecule has 0 aliphatic carbocycles. The number of ether oxygens (including phenoxy) is 2. The Morgan fingerprint density at radius 3 is 2.64 bits per heavy atom. The van der Waals surface area contributed by atoms with Crippen molar-refractivity contribution in [3.05, 3.63) is 29.6 Å². The third-order valence-electron chi connectivity index (χ3n) is 4.69. The number of halogens is 1. The highest BCUT2D eigenvalue weighted by Crippen LogP contribution is 2.22. The first-order chi connectivity index (χ1) is 12.1. The van der Waals surface area contributed by atoms with Crippen LogP contribution in [0.25, 0.3) is 0 Å². The molecule has 0 radical (unpaired) electrons. The molecule has 0 N–H and O–H groups in total. The summed E-state index contributed by atoms with van der Waals surface area (Å²) >= 11 is 0. The molecule has 3 rings (SSSR count). The van der Waals surface area contributed by atoms with E-state index in [1.165, 1.54) is 25.3 Å². The zero-order valence-corrected chi connectivity index (χ0v) is 14.4. The number of carbonyl (C=O) groups is 2. The summed E-state index contributed by atoms with van der Waals surface area (Å²) in [6.45, 7) is 2.63. The number of benzene rings is 1. The van der Waals surface area contributed by atoms with Gasteiger partial charge in [-0.3, -0.25) is 9.59 Å². The molecule has 1 aromatic carbocycles. The van der Waals surface area contributed by atoms with Crippen LogP contribution in [-0.2, 0) is 9.53 Å². The van der Waals surface area contributed by atoms with Crippen LogP contribution in [0.15, 0.2) is 18.2 Å². The van der Waals surface area contributed by atoms with E-state index < -0.39 is 5.82 Å². The maximum Gasteiger partial charge on any atom is 0.257 e. The van der Waals surface area contributed by atoms with Gasteiger partial charge in [-0.15, -0.1) is 0 Å². The molecule has 136 valence electrons. The highest BCUT2D eigenvalue weighted by Gasteiger charge is 2.30. The molecule has 0 spiro atoms. The first kappa shape index (κ1) is 17.7. The topological polar surface area (TPSA) is 59.1 Å². The molecule has 2 heterocycles. The molecule has 0 aromatic heterocycles. The Labute approximate surface area is 146 Å². The van der Waals surface area contributed by atoms with Gasteiger partial charge in [0.25, 0.3) is 11.8 Å². The number of hydrogen-bond donors (Lipinski definition) is 0. The molecular weight excluding hydrogens is 327 g/mol. The second kappa shape index (κ2) is 7.82. The van der Waals surface area contributed by atoms with Crippen LogP contribution in [-0.4, -0.2) is 67.6 Å². The fourth-order valence-electron chi connectivity index (χ4n) is 3.33. The number of methoxy groups -OCH3 is 1. The van der Waals surface area contributed by atoms with E-state index in [0.717, 1.165) is 12.8 Å². The maximum atomic E-state index is 13.5. The zero-order valence-electron chi connectivity index (χ0n) is 14.4. The van der Waals surface area contributed by atoms with E-state index >= 15 is 0 Å². The normalized spacial score (nSPS) is 21.1. The van der Waals surface area contributed by atoms with Gasteiger partial charge in [0.1, 0.15) is 17.7 Å². The van der Waals surface area contributed by atoms with Crippen molar-refractivity contribution >= 4 is 11.8 Å². The molecule has 0 saturated carbocycles. The number of nitrogens with zero attached hydrogens (tertiary/aromatic N) is 2. The van der Waals surface area contributed by atoms with Gasteiger partial charge in [-0.1, -0.05) is 0 Å². The summed E-state index contributed by atoms with van der Waals surface area (Å²) in [6, 6.07) is 3.91. The highest BCUT2D eigenvalue weighted by molar-refractivity contribution is 5.97. The van der Waals surface area contributed by atoms with Crippen molar-refractivity contribution in [2.45, 2.75) is 25.4 Å². The van der Waals surface area contributed by atoms with Gasteiger partial charge in [0.15, 0.2) is 0 Å². The molecule has 1 aromatic rings. The largest absolute Gasteiger partial charge is 0.496 e. The van der Waals surface area contributed by atoms with E-state index in [1.54, 1.807) is 9.80 Å². The lowest BCUT2D eigenvalue weighted by Crippen LogP contribution is -2.41. The highest BCUT2D eigenvalue weighted by atomic mass is 19.1. The van der Waals surface area contributed by atoms with Crippen LogP contribution in [0.4, 0.5) is 4.39 Å². The van der Waals surface area contributed by atoms with Crippen molar-refractivity contribution in [2.75, 3.05) is 39.9 Å². The summed E-state index contributed by atoms with van der Waals surface area (Å²) in [5.41, 5.74) is 0.210. The molecule has 25 heavy (non-hydrogen) atoms. The van der Waals surface area contributed by atoms with Crippen LogP contribution in [0.3, 0.4) is 0 Å². The van der Waals surface area contributed by atoms with Gasteiger partial charge in [-0.2, -0.15) is 0 Å². The molecule has 2 saturated heterocycles. The minimum Gasteiger partial charge on any atom is -0.496 e. The van der Waals surface area contributed by atoms with Crippen LogP contribution >= 0.6 is 0 Å². The summed E-state index contributed by atoms with van der Waals surface area (Å²) < 4.78 is 24.2. The second-order valence-electron chi connectivity index (χ2n) is 6.32. The lowest BCUT2D eigenvalue weighted by molar-refractivity contribution is -0.140. The van der Waals surface area contributed by atoms with Crippen molar-refractivity contribution in [3.8, 4) is 5.75 Å². The first-order valence-corrected chi connectivity index (χ1v) is 8.63. The van der Waals surface area contributed by atoms with Gasteiger partial charge in [0, 0.05) is 32.8 Å². The Hall–Kier alpha value is -2.15. The fraction of sp³-hybridized carbons (Fsp3) is 0.556. The van der Waals surface area contributed by atoms with E-state index in [4.69, 9.17) is 9.47 Å². The van der Waals surface area contributed by atoms with Crippen LogP contribution in [0.5, 0.6) is 5.75 Å². The molecule has 1 atom stereocenters. The quantitative estimate of drug-likeness (QED) is 0.832. The van der Waals surface area contributed by atoms with Gasteiger partial charge in [-0.25, -0.2) is 4.39 Å². The van der Waals surface area contributed by atoms with E-state index in [2.05, 4.69) is 0 Å². The Morgan fingerprint density at radius 2 is 1.92 bits per heavy atom. The van der Waals surface area contributed by atoms with Gasteiger partial charge >= 0.3 is 0 Å². The smallest absolute Gasteiger partial charge is 0.257 e. The SMILES string of the molecule is COc1ccc(F)cc1C(=O)N1CCCN(C(=O)C2CCCO2)CC1. The molecule has 7 heteroatoms. The Morgan fingerprint density at radius 1 is 1.16 bits per heavy atom. The molecule has 2 amide bonds. The van der Waals surface area contributed by atoms with Gasteiger partial charge in [-0.05, 0) is 37.5 Å². The number of rotatable bonds is 3. The van der Waals surface area contributed by atoms with Crippen molar-refractivity contribution in [1.29, 1.82) is 0 Å². The van der Waals surface area contributed by atoms with Gasteiger partial charge in [0.2, 0.25) is 0 Å². The lowest BCUT2D eigenvalue weighted by Gasteiger charge is -2.24. The average Bonchev–Trinajstić information content (AvgIpc) is 3.05. The molecular formula is C18H23FN2O4. The maximum absolute atomic E-state index is 13.5. The molecule has 2 aliphatic rings. The third kappa shape index (κ3) is 3.92. The molecule has 2 fully saturated rings. The Balaban J connectivity index is 1.67. The van der Waals surface area contributed by atoms with Crippen LogP contribution in [0, 0.1) is 5.82 Å². The van der Waals surface area contributed by atoms with Crippen molar-refractivity contribution in [2.24, 2.45) is 0 Å². The predicted octanol–water partition coefficient (Wildman–Crippen LogP) is 1.69. The molecule has 2 aliphatic heterocycles. The monoisotopic (exact) mass is 350 g/mol. The van der Waals surface area contributed by atoms with E-state index in [0.29, 0.717) is 45.0 Å². The van der Waals surface area contributed by atoms with Crippen LogP contribution in [0.2, 0.25) is 0 Å². The van der Waals surface area contributed by atoms with Crippen LogP contribution < -0.4 is 4.74 Å². The molecule has 6 nitrogen and oxygen atoms in total. The number of carbonyl (C=O) groups excluding carboxylic acids is 2. The average molecular weight is 350 g/mol. The van der Waals surface area contributed by atoms with Gasteiger partial charge < -0.3 is 19.3 Å². The van der Waals surface area contributed by atoms with Gasteiger partial charge in [0.05, 0.1) is 12.7 Å². The second-order valence-corrected chi connectivity index (χ2v) is 6.32. The van der Waals surface area contributed by atoms with Crippen molar-refractivity contribution in [3.63, 3.8) is 0 Å². The summed E-state index contributed by atoms with van der Waals surface area (Å²) in [5, 5.41) is 0. The van der Waals surface area contributed by atoms with E-state index in [-0.39, 0.29) is 23.5 Å². The predicted molar refractivity (Wildman–Crippen MR) is 89.0 cm³/mol. The summed E-state index contributed by atoms with van der Waals surface area (Å²) in [5.74, 6) is -0.394. The minimum absolute atomic E-state index is 0.00938. The summed E-state index contributed by atoms with van der Waals surface area (Å²) in [4.78, 5) is 28.7. The minimum atomic E-state index is -0.478. The Bertz CT molecular complexity index is 646. The Kier molecular flexibility index (Phi) is 5.53. The van der Waals surface area contributed by atoms with E-state index in [9.17, 15) is 14.0 Å². The molecule has 0 bridgehead atoms. The standard InChI is InChI=1S/C18H23FN2O4/c1-24-15-6-5-13(19)12-14(15)17(22)20-7-3-8-21(10-9-20)18(23)16-4-2-11-25-16/h5-6,12,16H,2-4,7-11H2,1H3. The van der Waals surface area contributed by atoms with Crippen LogP contribution in [0.1, 0.15) is 29.6 Å². The van der Waals surface area contributed by atoms with Crippen molar-refractivity contribution in [1.82, 2.24) is 9.80 Å². The summed E-state index contributed by atoms with van der Waals surface area (Å²) in [7, 11) is 1.45. The lowest BCUT2D eigenvalue weighted by atomic mass is 10.1. The summed E-state index contributed by atoms with van der Waals surface area (Å²) in [6.07, 6.45) is 2.01. The number of amides is 2. The fourth-order valence-corrected chi connectivity index (χ4v) is 3.33. The molecule has 1 unspecified atom stereocenters. The first-order valence-electron chi connectivity index (χ1n) is 8.63. The number of hydrogen-bond acceptors (Lipinski definition) is 4. The third-order valence-corrected chi connectivity index (χ3v) is 4.69. The van der Waals surface area contributed by atoms with Crippen molar-refractivity contribution < 1.29 is 23.5 Å².